The maximum absolute atomic E-state index is 12.4. The van der Waals surface area contributed by atoms with Crippen LogP contribution in [0.25, 0.3) is 0 Å². The highest BCUT2D eigenvalue weighted by molar-refractivity contribution is 5.94. The van der Waals surface area contributed by atoms with Gasteiger partial charge in [-0.3, -0.25) is 9.59 Å². The zero-order valence-corrected chi connectivity index (χ0v) is 15.9. The summed E-state index contributed by atoms with van der Waals surface area (Å²) in [6.45, 7) is 3.53. The van der Waals surface area contributed by atoms with Crippen molar-refractivity contribution < 1.29 is 23.9 Å². The lowest BCUT2D eigenvalue weighted by molar-refractivity contribution is -0.130. The van der Waals surface area contributed by atoms with E-state index >= 15 is 0 Å². The van der Waals surface area contributed by atoms with Gasteiger partial charge in [-0.2, -0.15) is 0 Å². The summed E-state index contributed by atoms with van der Waals surface area (Å²) in [5.74, 6) is -0.638. The fraction of sp³-hybridized carbons (Fsp3) is 0.286. The second-order valence-electron chi connectivity index (χ2n) is 6.07. The molecular weight excluding hydrogens is 360 g/mol. The number of hydrogen-bond donors (Lipinski definition) is 2. The van der Waals surface area contributed by atoms with Gasteiger partial charge in [0.25, 0.3) is 5.91 Å². The lowest BCUT2D eigenvalue weighted by Crippen LogP contribution is -2.46. The monoisotopic (exact) mass is 384 g/mol. The number of rotatable bonds is 9. The first-order chi connectivity index (χ1) is 13.5. The second kappa shape index (κ2) is 10.7. The van der Waals surface area contributed by atoms with Crippen LogP contribution in [0.15, 0.2) is 54.6 Å². The van der Waals surface area contributed by atoms with Gasteiger partial charge in [0, 0.05) is 6.54 Å². The molecule has 0 unspecified atom stereocenters. The van der Waals surface area contributed by atoms with Gasteiger partial charge in [0.2, 0.25) is 5.91 Å². The van der Waals surface area contributed by atoms with Gasteiger partial charge < -0.3 is 20.1 Å². The van der Waals surface area contributed by atoms with Gasteiger partial charge in [0.1, 0.15) is 23.1 Å². The van der Waals surface area contributed by atoms with E-state index in [9.17, 15) is 14.4 Å². The molecule has 28 heavy (non-hydrogen) atoms. The molecule has 2 aromatic rings. The van der Waals surface area contributed by atoms with Crippen LogP contribution in [0.1, 0.15) is 30.6 Å². The molecule has 2 amide bonds. The summed E-state index contributed by atoms with van der Waals surface area (Å²) in [6.07, 6.45) is 0.800. The number of esters is 1. The van der Waals surface area contributed by atoms with Gasteiger partial charge in [-0.1, -0.05) is 37.3 Å². The summed E-state index contributed by atoms with van der Waals surface area (Å²) < 4.78 is 10.8. The minimum atomic E-state index is -0.716. The maximum Gasteiger partial charge on any atom is 0.342 e. The number of nitrogens with one attached hydrogen (secondary N) is 2. The van der Waals surface area contributed by atoms with Crippen molar-refractivity contribution in [1.29, 1.82) is 0 Å². The molecule has 0 spiro atoms. The molecule has 0 aliphatic heterocycles. The molecular formula is C21H24N2O5. The van der Waals surface area contributed by atoms with E-state index in [1.165, 1.54) is 0 Å². The molecule has 7 nitrogen and oxygen atoms in total. The Labute approximate surface area is 164 Å². The van der Waals surface area contributed by atoms with Crippen molar-refractivity contribution in [2.24, 2.45) is 0 Å². The van der Waals surface area contributed by atoms with Crippen LogP contribution in [-0.2, 0) is 14.3 Å². The number of amides is 2. The smallest absolute Gasteiger partial charge is 0.342 e. The zero-order chi connectivity index (χ0) is 20.4. The molecule has 0 aromatic heterocycles. The van der Waals surface area contributed by atoms with E-state index in [0.29, 0.717) is 18.0 Å². The highest BCUT2D eigenvalue weighted by Gasteiger charge is 2.18. The van der Waals surface area contributed by atoms with Crippen LogP contribution in [0.2, 0.25) is 0 Å². The molecule has 0 aliphatic carbocycles. The molecule has 0 heterocycles. The Morgan fingerprint density at radius 2 is 1.68 bits per heavy atom. The summed E-state index contributed by atoms with van der Waals surface area (Å²) in [5.41, 5.74) is 0.202. The summed E-state index contributed by atoms with van der Waals surface area (Å²) in [4.78, 5) is 36.1. The van der Waals surface area contributed by atoms with E-state index in [1.54, 1.807) is 43.3 Å². The van der Waals surface area contributed by atoms with E-state index < -0.39 is 24.5 Å². The number of carbonyl (C=O) groups excluding carboxylic acids is 3. The average molecular weight is 384 g/mol. The molecule has 0 fully saturated rings. The Morgan fingerprint density at radius 1 is 1.00 bits per heavy atom. The Balaban J connectivity index is 1.91. The molecule has 0 bridgehead atoms. The lowest BCUT2D eigenvalue weighted by Gasteiger charge is -2.14. The predicted octanol–water partition coefficient (Wildman–Crippen LogP) is 2.67. The van der Waals surface area contributed by atoms with Crippen LogP contribution in [0, 0.1) is 0 Å². The molecule has 2 N–H and O–H groups in total. The van der Waals surface area contributed by atoms with Crippen LogP contribution < -0.4 is 15.4 Å². The Hall–Kier alpha value is -3.35. The van der Waals surface area contributed by atoms with Gasteiger partial charge in [0.05, 0.1) is 0 Å². The van der Waals surface area contributed by atoms with Gasteiger partial charge in [0.15, 0.2) is 6.61 Å². The number of ether oxygens (including phenoxy) is 2. The molecule has 2 rings (SSSR count). The fourth-order valence-electron chi connectivity index (χ4n) is 2.30. The molecule has 0 saturated heterocycles. The minimum Gasteiger partial charge on any atom is -0.456 e. The number of hydrogen-bond acceptors (Lipinski definition) is 5. The van der Waals surface area contributed by atoms with Crippen LogP contribution in [0.4, 0.5) is 0 Å². The quantitative estimate of drug-likeness (QED) is 0.649. The zero-order valence-electron chi connectivity index (χ0n) is 15.9. The van der Waals surface area contributed by atoms with Crippen LogP contribution in [-0.4, -0.2) is 37.0 Å². The molecule has 148 valence electrons. The van der Waals surface area contributed by atoms with Crippen LogP contribution in [0.3, 0.4) is 0 Å². The Bertz CT molecular complexity index is 807. The molecule has 7 heteroatoms. The van der Waals surface area contributed by atoms with Crippen molar-refractivity contribution in [3.63, 3.8) is 0 Å². The van der Waals surface area contributed by atoms with Crippen LogP contribution in [0.5, 0.6) is 11.5 Å². The topological polar surface area (TPSA) is 93.7 Å². The van der Waals surface area contributed by atoms with Crippen molar-refractivity contribution in [2.75, 3.05) is 13.2 Å². The summed E-state index contributed by atoms with van der Waals surface area (Å²) in [6, 6.07) is 14.9. The third kappa shape index (κ3) is 6.42. The van der Waals surface area contributed by atoms with Crippen LogP contribution >= 0.6 is 0 Å². The molecule has 0 radical (unpaired) electrons. The van der Waals surface area contributed by atoms with Crippen molar-refractivity contribution in [1.82, 2.24) is 10.6 Å². The summed E-state index contributed by atoms with van der Waals surface area (Å²) >= 11 is 0. The SMILES string of the molecule is CCCNC(=O)[C@H](C)NC(=O)COC(=O)c1ccccc1Oc1ccccc1. The average Bonchev–Trinajstić information content (AvgIpc) is 2.71. The van der Waals surface area contributed by atoms with E-state index in [2.05, 4.69) is 10.6 Å². The van der Waals surface area contributed by atoms with Gasteiger partial charge in [-0.25, -0.2) is 4.79 Å². The van der Waals surface area contributed by atoms with E-state index in [1.807, 2.05) is 25.1 Å². The first kappa shape index (κ1) is 21.0. The van der Waals surface area contributed by atoms with Gasteiger partial charge in [-0.15, -0.1) is 0 Å². The van der Waals surface area contributed by atoms with Crippen molar-refractivity contribution in [3.8, 4) is 11.5 Å². The summed E-state index contributed by atoms with van der Waals surface area (Å²) in [7, 11) is 0. The largest absolute Gasteiger partial charge is 0.456 e. The number of carbonyl (C=O) groups is 3. The third-order valence-electron chi connectivity index (χ3n) is 3.73. The molecule has 1 atom stereocenters. The Kier molecular flexibility index (Phi) is 8.02. The van der Waals surface area contributed by atoms with E-state index in [4.69, 9.17) is 9.47 Å². The molecule has 2 aromatic carbocycles. The first-order valence-corrected chi connectivity index (χ1v) is 9.07. The first-order valence-electron chi connectivity index (χ1n) is 9.07. The van der Waals surface area contributed by atoms with Gasteiger partial charge in [-0.05, 0) is 37.6 Å². The predicted molar refractivity (Wildman–Crippen MR) is 104 cm³/mol. The normalized spacial score (nSPS) is 11.2. The van der Waals surface area contributed by atoms with Crippen molar-refractivity contribution in [2.45, 2.75) is 26.3 Å². The molecule has 0 aliphatic rings. The molecule has 0 saturated carbocycles. The minimum absolute atomic E-state index is 0.202. The highest BCUT2D eigenvalue weighted by Crippen LogP contribution is 2.25. The third-order valence-corrected chi connectivity index (χ3v) is 3.73. The van der Waals surface area contributed by atoms with Crippen molar-refractivity contribution in [3.05, 3.63) is 60.2 Å². The van der Waals surface area contributed by atoms with E-state index in [-0.39, 0.29) is 11.5 Å². The highest BCUT2D eigenvalue weighted by atomic mass is 16.5. The Morgan fingerprint density at radius 3 is 2.39 bits per heavy atom. The fourth-order valence-corrected chi connectivity index (χ4v) is 2.30. The standard InChI is InChI=1S/C21H24N2O5/c1-3-13-22-20(25)15(2)23-19(24)14-27-21(26)17-11-7-8-12-18(17)28-16-9-5-4-6-10-16/h4-12,15H,3,13-14H2,1-2H3,(H,22,25)(H,23,24)/t15-/m0/s1. The maximum atomic E-state index is 12.4. The van der Waals surface area contributed by atoms with E-state index in [0.717, 1.165) is 6.42 Å². The van der Waals surface area contributed by atoms with Crippen molar-refractivity contribution >= 4 is 17.8 Å². The lowest BCUT2D eigenvalue weighted by atomic mass is 10.2. The number of benzene rings is 2. The summed E-state index contributed by atoms with van der Waals surface area (Å²) in [5, 5.41) is 5.17. The van der Waals surface area contributed by atoms with Gasteiger partial charge >= 0.3 is 5.97 Å². The number of para-hydroxylation sites is 2. The second-order valence-corrected chi connectivity index (χ2v) is 6.07.